The number of hydrogen-bond acceptors (Lipinski definition) is 2. The van der Waals surface area contributed by atoms with Crippen LogP contribution in [-0.2, 0) is 4.79 Å². The molecule has 170 valence electrons. The van der Waals surface area contributed by atoms with Gasteiger partial charge in [0.25, 0.3) is 5.91 Å². The van der Waals surface area contributed by atoms with Crippen molar-refractivity contribution in [2.24, 2.45) is 5.73 Å². The zero-order valence-corrected chi connectivity index (χ0v) is 19.3. The van der Waals surface area contributed by atoms with E-state index in [1.54, 1.807) is 24.3 Å². The molecule has 2 atom stereocenters. The molecular weight excluding hydrogens is 437 g/mol. The number of allylic oxidation sites excluding steroid dienone is 2. The summed E-state index contributed by atoms with van der Waals surface area (Å²) in [6.45, 7) is 2.11. The third-order valence-corrected chi connectivity index (χ3v) is 9.17. The van der Waals surface area contributed by atoms with E-state index in [9.17, 15) is 19.1 Å². The number of aromatic carboxylic acids is 1. The van der Waals surface area contributed by atoms with Gasteiger partial charge in [0, 0.05) is 10.8 Å². The highest BCUT2D eigenvalue weighted by atomic mass is 32.2. The van der Waals surface area contributed by atoms with Gasteiger partial charge in [0.15, 0.2) is 0 Å². The minimum atomic E-state index is -0.962. The lowest BCUT2D eigenvalue weighted by atomic mass is 10.0. The summed E-state index contributed by atoms with van der Waals surface area (Å²) in [5.41, 5.74) is 9.42. The van der Waals surface area contributed by atoms with Gasteiger partial charge in [0.2, 0.25) is 0 Å². The number of carboxylic acid groups (broad SMARTS) is 1. The lowest BCUT2D eigenvalue weighted by Crippen LogP contribution is -2.16. The lowest BCUT2D eigenvalue weighted by molar-refractivity contribution is -0.114. The standard InChI is InChI=1S/C27H26FNO3S/c1-17(19-10-12-20(13-11-19)27(31)32)33-23-6-4-2-3-5-22(23)25(26(29)30)24(33)16-9-18-7-14-21(28)15-8-18/h7-8,10-15,17,33H,2-6H2,1H3,(H2,29,30)(H,31,32)/t17-/m0/s1. The van der Waals surface area contributed by atoms with E-state index >= 15 is 0 Å². The van der Waals surface area contributed by atoms with Crippen molar-refractivity contribution < 1.29 is 19.1 Å². The van der Waals surface area contributed by atoms with Gasteiger partial charge < -0.3 is 10.8 Å². The topological polar surface area (TPSA) is 80.4 Å². The van der Waals surface area contributed by atoms with E-state index in [1.807, 2.05) is 12.1 Å². The van der Waals surface area contributed by atoms with Crippen molar-refractivity contribution in [2.45, 2.75) is 44.3 Å². The number of hydrogen-bond donors (Lipinski definition) is 3. The Morgan fingerprint density at radius 1 is 1.00 bits per heavy atom. The molecule has 2 aliphatic rings. The van der Waals surface area contributed by atoms with Crippen molar-refractivity contribution in [1.29, 1.82) is 0 Å². The van der Waals surface area contributed by atoms with Crippen molar-refractivity contribution in [2.75, 3.05) is 0 Å². The number of benzene rings is 2. The first-order chi connectivity index (χ1) is 15.9. The number of amides is 1. The van der Waals surface area contributed by atoms with E-state index in [4.69, 9.17) is 5.73 Å². The number of carbonyl (C=O) groups excluding carboxylic acids is 1. The van der Waals surface area contributed by atoms with Gasteiger partial charge >= 0.3 is 5.97 Å². The largest absolute Gasteiger partial charge is 0.478 e. The zero-order valence-electron chi connectivity index (χ0n) is 18.4. The van der Waals surface area contributed by atoms with Crippen LogP contribution in [0.25, 0.3) is 0 Å². The molecule has 1 amide bonds. The second-order valence-electron chi connectivity index (χ2n) is 8.30. The minimum Gasteiger partial charge on any atom is -0.478 e. The average molecular weight is 464 g/mol. The molecule has 3 N–H and O–H groups in total. The van der Waals surface area contributed by atoms with Crippen molar-refractivity contribution in [1.82, 2.24) is 0 Å². The maximum Gasteiger partial charge on any atom is 0.335 e. The van der Waals surface area contributed by atoms with Gasteiger partial charge in [0.1, 0.15) is 5.82 Å². The number of primary amides is 1. The van der Waals surface area contributed by atoms with Crippen LogP contribution in [0.15, 0.2) is 69.5 Å². The van der Waals surface area contributed by atoms with E-state index < -0.39 is 22.8 Å². The first kappa shape index (κ1) is 22.9. The summed E-state index contributed by atoms with van der Waals surface area (Å²) in [4.78, 5) is 26.0. The number of rotatable bonds is 4. The van der Waals surface area contributed by atoms with E-state index in [-0.39, 0.29) is 16.6 Å². The molecule has 4 rings (SSSR count). The Morgan fingerprint density at radius 3 is 2.30 bits per heavy atom. The highest BCUT2D eigenvalue weighted by Gasteiger charge is 2.36. The molecule has 0 fully saturated rings. The molecule has 0 saturated heterocycles. The van der Waals surface area contributed by atoms with Crippen LogP contribution in [0.2, 0.25) is 0 Å². The first-order valence-electron chi connectivity index (χ1n) is 11.0. The Kier molecular flexibility index (Phi) is 6.71. The number of nitrogens with two attached hydrogens (primary N) is 1. The molecule has 1 aliphatic carbocycles. The van der Waals surface area contributed by atoms with Crippen molar-refractivity contribution in [3.05, 3.63) is 92.0 Å². The van der Waals surface area contributed by atoms with E-state index in [2.05, 4.69) is 18.8 Å². The summed E-state index contributed by atoms with van der Waals surface area (Å²) in [5.74, 6) is 4.63. The molecule has 4 nitrogen and oxygen atoms in total. The van der Waals surface area contributed by atoms with Crippen molar-refractivity contribution >= 4 is 22.8 Å². The van der Waals surface area contributed by atoms with Crippen LogP contribution in [0.5, 0.6) is 0 Å². The van der Waals surface area contributed by atoms with Gasteiger partial charge in [-0.1, -0.05) is 37.3 Å². The molecule has 0 spiro atoms. The summed E-state index contributed by atoms with van der Waals surface area (Å²) in [7, 11) is -0.956. The average Bonchev–Trinajstić information content (AvgIpc) is 2.92. The minimum absolute atomic E-state index is 0.0420. The van der Waals surface area contributed by atoms with Crippen molar-refractivity contribution in [3.8, 4) is 11.8 Å². The maximum absolute atomic E-state index is 13.3. The SMILES string of the molecule is C[C@@H](c1ccc(C(=O)O)cc1)[SH]1C(C#Cc2ccc(F)cc2)=C(C(N)=O)C2=C1CCCCC2. The second-order valence-corrected chi connectivity index (χ2v) is 10.8. The fraction of sp³-hybridized carbons (Fsp3) is 0.259. The fourth-order valence-corrected chi connectivity index (χ4v) is 7.70. The Hall–Kier alpha value is -3.30. The quantitative estimate of drug-likeness (QED) is 0.407. The number of thiol groups is 1. The summed E-state index contributed by atoms with van der Waals surface area (Å²) in [6, 6.07) is 12.9. The molecule has 0 saturated carbocycles. The molecule has 1 unspecified atom stereocenters. The van der Waals surface area contributed by atoms with Crippen LogP contribution < -0.4 is 5.73 Å². The lowest BCUT2D eigenvalue weighted by Gasteiger charge is -2.29. The monoisotopic (exact) mass is 463 g/mol. The van der Waals surface area contributed by atoms with Gasteiger partial charge in [-0.15, -0.1) is 0 Å². The van der Waals surface area contributed by atoms with Crippen LogP contribution in [-0.4, -0.2) is 17.0 Å². The summed E-state index contributed by atoms with van der Waals surface area (Å²) < 4.78 is 13.3. The molecule has 2 aromatic rings. The summed E-state index contributed by atoms with van der Waals surface area (Å²) in [5, 5.41) is 9.28. The Bertz CT molecular complexity index is 1220. The molecule has 0 radical (unpaired) electrons. The smallest absolute Gasteiger partial charge is 0.335 e. The third kappa shape index (κ3) is 4.74. The van der Waals surface area contributed by atoms with Crippen molar-refractivity contribution in [3.63, 3.8) is 0 Å². The van der Waals surface area contributed by atoms with Gasteiger partial charge in [-0.05, 0) is 78.1 Å². The highest BCUT2D eigenvalue weighted by molar-refractivity contribution is 8.24. The zero-order chi connectivity index (χ0) is 23.5. The van der Waals surface area contributed by atoms with Gasteiger partial charge in [-0.25, -0.2) is 9.18 Å². The van der Waals surface area contributed by atoms with Gasteiger partial charge in [-0.3, -0.25) is 4.79 Å². The van der Waals surface area contributed by atoms with Crippen LogP contribution >= 0.6 is 10.9 Å². The highest BCUT2D eigenvalue weighted by Crippen LogP contribution is 2.63. The Morgan fingerprint density at radius 2 is 1.67 bits per heavy atom. The number of carboxylic acids is 1. The van der Waals surface area contributed by atoms with E-state index in [1.165, 1.54) is 17.0 Å². The van der Waals surface area contributed by atoms with E-state index in [0.717, 1.165) is 48.1 Å². The number of carbonyl (C=O) groups is 2. The first-order valence-corrected chi connectivity index (χ1v) is 12.4. The predicted octanol–water partition coefficient (Wildman–Crippen LogP) is 5.61. The van der Waals surface area contributed by atoms with Crippen LogP contribution in [0.3, 0.4) is 0 Å². The third-order valence-electron chi connectivity index (χ3n) is 6.20. The summed E-state index contributed by atoms with van der Waals surface area (Å²) in [6.07, 6.45) is 4.92. The molecule has 2 aromatic carbocycles. The molecule has 0 bridgehead atoms. The fourth-order valence-electron chi connectivity index (χ4n) is 4.53. The van der Waals surface area contributed by atoms with Crippen LogP contribution in [0.4, 0.5) is 4.39 Å². The van der Waals surface area contributed by atoms with Crippen LogP contribution in [0.1, 0.15) is 65.8 Å². The maximum atomic E-state index is 13.3. The van der Waals surface area contributed by atoms with E-state index in [0.29, 0.717) is 11.1 Å². The van der Waals surface area contributed by atoms with Gasteiger partial charge in [0.05, 0.1) is 16.0 Å². The molecule has 1 aliphatic heterocycles. The predicted molar refractivity (Wildman–Crippen MR) is 130 cm³/mol. The van der Waals surface area contributed by atoms with Crippen LogP contribution in [0, 0.1) is 17.7 Å². The normalized spacial score (nSPS) is 19.9. The molecule has 1 heterocycles. The summed E-state index contributed by atoms with van der Waals surface area (Å²) >= 11 is 0. The molecular formula is C27H26FNO3S. The van der Waals surface area contributed by atoms with Gasteiger partial charge in [-0.2, -0.15) is 10.9 Å². The molecule has 0 aromatic heterocycles. The Balaban J connectivity index is 1.81. The number of halogens is 1. The Labute approximate surface area is 195 Å². The second kappa shape index (κ2) is 9.68. The molecule has 6 heteroatoms. The molecule has 33 heavy (non-hydrogen) atoms.